The van der Waals surface area contributed by atoms with Crippen molar-refractivity contribution in [3.63, 3.8) is 0 Å². The molecule has 0 spiro atoms. The van der Waals surface area contributed by atoms with Gasteiger partial charge in [-0.25, -0.2) is 0 Å². The highest BCUT2D eigenvalue weighted by molar-refractivity contribution is 5.16. The summed E-state index contributed by atoms with van der Waals surface area (Å²) in [5.41, 5.74) is 2.64. The molecule has 1 heteroatoms. The van der Waals surface area contributed by atoms with Gasteiger partial charge in [-0.15, -0.1) is 0 Å². The van der Waals surface area contributed by atoms with E-state index in [9.17, 15) is 0 Å². The predicted molar refractivity (Wildman–Crippen MR) is 59.6 cm³/mol. The Morgan fingerprint density at radius 1 is 1.71 bits per heavy atom. The van der Waals surface area contributed by atoms with Gasteiger partial charge >= 0.3 is 0 Å². The van der Waals surface area contributed by atoms with Crippen LogP contribution in [-0.4, -0.2) is 0 Å². The van der Waals surface area contributed by atoms with Crippen LogP contribution in [0.4, 0.5) is 0 Å². The van der Waals surface area contributed by atoms with Gasteiger partial charge in [0, 0.05) is 0 Å². The van der Waals surface area contributed by atoms with Crippen LogP contribution in [0.15, 0.2) is 23.8 Å². The molecule has 76 valence electrons. The first kappa shape index (κ1) is 11.0. The third-order valence-electron chi connectivity index (χ3n) is 3.35. The largest absolute Gasteiger partial charge is 0.198 e. The molecule has 0 aliphatic heterocycles. The van der Waals surface area contributed by atoms with E-state index >= 15 is 0 Å². The Morgan fingerprint density at radius 3 is 2.86 bits per heavy atom. The summed E-state index contributed by atoms with van der Waals surface area (Å²) in [6.07, 6.45) is 4.49. The molecule has 0 aromatic heterocycles. The van der Waals surface area contributed by atoms with Gasteiger partial charge in [-0.05, 0) is 45.4 Å². The predicted octanol–water partition coefficient (Wildman–Crippen LogP) is 3.69. The molecule has 14 heavy (non-hydrogen) atoms. The Labute approximate surface area is 87.1 Å². The van der Waals surface area contributed by atoms with Gasteiger partial charge in [-0.3, -0.25) is 0 Å². The zero-order valence-electron chi connectivity index (χ0n) is 9.38. The minimum absolute atomic E-state index is 0.133. The second kappa shape index (κ2) is 4.46. The molecule has 1 rings (SSSR count). The molecule has 0 aromatic carbocycles. The highest BCUT2D eigenvalue weighted by Gasteiger charge is 2.26. The fraction of sp³-hybridized carbons (Fsp3) is 0.615. The lowest BCUT2D eigenvalue weighted by Crippen LogP contribution is -2.20. The molecule has 0 heterocycles. The first-order chi connectivity index (χ1) is 6.56. The van der Waals surface area contributed by atoms with Crippen LogP contribution in [0.1, 0.15) is 33.6 Å². The highest BCUT2D eigenvalue weighted by Crippen LogP contribution is 2.36. The van der Waals surface area contributed by atoms with E-state index in [0.29, 0.717) is 11.8 Å². The van der Waals surface area contributed by atoms with Crippen LogP contribution < -0.4 is 0 Å². The maximum atomic E-state index is 8.93. The lowest BCUT2D eigenvalue weighted by Gasteiger charge is -2.30. The third-order valence-corrected chi connectivity index (χ3v) is 3.35. The van der Waals surface area contributed by atoms with Crippen LogP contribution in [0.2, 0.25) is 0 Å². The Bertz CT molecular complexity index is 293. The summed E-state index contributed by atoms with van der Waals surface area (Å²) in [4.78, 5) is 0. The third kappa shape index (κ3) is 2.26. The molecular weight excluding hydrogens is 170 g/mol. The van der Waals surface area contributed by atoms with Gasteiger partial charge in [-0.1, -0.05) is 23.8 Å². The molecular formula is C13H19N. The Kier molecular flexibility index (Phi) is 3.52. The van der Waals surface area contributed by atoms with E-state index < -0.39 is 0 Å². The van der Waals surface area contributed by atoms with Gasteiger partial charge in [-0.2, -0.15) is 5.26 Å². The van der Waals surface area contributed by atoms with Crippen molar-refractivity contribution in [2.75, 3.05) is 0 Å². The molecule has 3 atom stereocenters. The molecule has 0 radical (unpaired) electrons. The molecule has 0 N–H and O–H groups in total. The van der Waals surface area contributed by atoms with Gasteiger partial charge in [0.2, 0.25) is 0 Å². The molecule has 0 bridgehead atoms. The van der Waals surface area contributed by atoms with Crippen LogP contribution in [-0.2, 0) is 0 Å². The number of hydrogen-bond acceptors (Lipinski definition) is 1. The molecule has 0 saturated carbocycles. The van der Waals surface area contributed by atoms with E-state index in [1.165, 1.54) is 11.1 Å². The number of hydrogen-bond donors (Lipinski definition) is 0. The average Bonchev–Trinajstić information content (AvgIpc) is 2.17. The minimum Gasteiger partial charge on any atom is -0.198 e. The Morgan fingerprint density at radius 2 is 2.36 bits per heavy atom. The number of allylic oxidation sites excluding steroid dienone is 3. The van der Waals surface area contributed by atoms with E-state index in [2.05, 4.69) is 32.6 Å². The number of rotatable bonds is 2. The van der Waals surface area contributed by atoms with Crippen LogP contribution in [0.25, 0.3) is 0 Å². The molecule has 1 aliphatic rings. The first-order valence-corrected chi connectivity index (χ1v) is 5.28. The number of nitrogens with zero attached hydrogens (tertiary/aromatic N) is 1. The first-order valence-electron chi connectivity index (χ1n) is 5.28. The minimum atomic E-state index is 0.133. The van der Waals surface area contributed by atoms with Crippen LogP contribution >= 0.6 is 0 Å². The second-order valence-corrected chi connectivity index (χ2v) is 4.49. The fourth-order valence-corrected chi connectivity index (χ4v) is 2.16. The molecule has 0 amide bonds. The summed E-state index contributed by atoms with van der Waals surface area (Å²) >= 11 is 0. The van der Waals surface area contributed by atoms with Crippen LogP contribution in [0.5, 0.6) is 0 Å². The van der Waals surface area contributed by atoms with Crippen molar-refractivity contribution in [2.45, 2.75) is 33.6 Å². The standard InChI is InChI=1S/C13H19N/c1-9(2)12-6-5-10(3)13(7-12)11(4)8-14/h5,11-13H,1,6-7H2,2-4H3. The summed E-state index contributed by atoms with van der Waals surface area (Å²) in [6, 6.07) is 2.35. The normalized spacial score (nSPS) is 28.9. The summed E-state index contributed by atoms with van der Waals surface area (Å²) in [5, 5.41) is 8.93. The zero-order valence-corrected chi connectivity index (χ0v) is 9.38. The molecule has 1 aliphatic carbocycles. The van der Waals surface area contributed by atoms with Crippen molar-refractivity contribution in [2.24, 2.45) is 17.8 Å². The summed E-state index contributed by atoms with van der Waals surface area (Å²) in [7, 11) is 0. The average molecular weight is 189 g/mol. The van der Waals surface area contributed by atoms with Gasteiger partial charge in [0.05, 0.1) is 12.0 Å². The second-order valence-electron chi connectivity index (χ2n) is 4.49. The topological polar surface area (TPSA) is 23.8 Å². The highest BCUT2D eigenvalue weighted by atomic mass is 14.3. The van der Waals surface area contributed by atoms with E-state index in [0.717, 1.165) is 12.8 Å². The maximum absolute atomic E-state index is 8.93. The smallest absolute Gasteiger partial charge is 0.0659 e. The van der Waals surface area contributed by atoms with Crippen molar-refractivity contribution in [1.82, 2.24) is 0 Å². The van der Waals surface area contributed by atoms with Gasteiger partial charge in [0.15, 0.2) is 0 Å². The summed E-state index contributed by atoms with van der Waals surface area (Å²) in [5.74, 6) is 1.16. The SMILES string of the molecule is C=C(C)C1CC=C(C)C(C(C)C#N)C1. The van der Waals surface area contributed by atoms with E-state index in [1.54, 1.807) is 0 Å². The van der Waals surface area contributed by atoms with Crippen LogP contribution in [0.3, 0.4) is 0 Å². The summed E-state index contributed by atoms with van der Waals surface area (Å²) in [6.45, 7) is 10.3. The van der Waals surface area contributed by atoms with E-state index in [4.69, 9.17) is 5.26 Å². The van der Waals surface area contributed by atoms with Crippen molar-refractivity contribution in [1.29, 1.82) is 5.26 Å². The lowest BCUT2D eigenvalue weighted by atomic mass is 9.74. The van der Waals surface area contributed by atoms with Crippen molar-refractivity contribution in [3.05, 3.63) is 23.8 Å². The van der Waals surface area contributed by atoms with Gasteiger partial charge in [0.25, 0.3) is 0 Å². The van der Waals surface area contributed by atoms with Gasteiger partial charge < -0.3 is 0 Å². The maximum Gasteiger partial charge on any atom is 0.0659 e. The van der Waals surface area contributed by atoms with Gasteiger partial charge in [0.1, 0.15) is 0 Å². The quantitative estimate of drug-likeness (QED) is 0.608. The van der Waals surface area contributed by atoms with Crippen molar-refractivity contribution < 1.29 is 0 Å². The molecule has 0 saturated heterocycles. The zero-order chi connectivity index (χ0) is 10.7. The molecule has 3 unspecified atom stereocenters. The lowest BCUT2D eigenvalue weighted by molar-refractivity contribution is 0.370. The van der Waals surface area contributed by atoms with Crippen molar-refractivity contribution in [3.8, 4) is 6.07 Å². The Balaban J connectivity index is 2.77. The number of nitriles is 1. The Hall–Kier alpha value is -1.03. The van der Waals surface area contributed by atoms with Crippen LogP contribution in [0, 0.1) is 29.1 Å². The monoisotopic (exact) mass is 189 g/mol. The molecule has 0 aromatic rings. The van der Waals surface area contributed by atoms with E-state index in [-0.39, 0.29) is 5.92 Å². The molecule has 0 fully saturated rings. The fourth-order valence-electron chi connectivity index (χ4n) is 2.16. The molecule has 1 nitrogen and oxygen atoms in total. The summed E-state index contributed by atoms with van der Waals surface area (Å²) < 4.78 is 0. The van der Waals surface area contributed by atoms with E-state index in [1.807, 2.05) is 6.92 Å². The van der Waals surface area contributed by atoms with Crippen molar-refractivity contribution >= 4 is 0 Å².